The molecule has 1 aromatic rings. The summed E-state index contributed by atoms with van der Waals surface area (Å²) in [4.78, 5) is 0. The Bertz CT molecular complexity index is 437. The second-order valence-corrected chi connectivity index (χ2v) is 5.57. The van der Waals surface area contributed by atoms with Crippen molar-refractivity contribution in [2.24, 2.45) is 0 Å². The molecule has 2 heteroatoms. The average molecular weight is 264 g/mol. The summed E-state index contributed by atoms with van der Waals surface area (Å²) in [7, 11) is 2.03. The second kappa shape index (κ2) is 6.40. The summed E-state index contributed by atoms with van der Waals surface area (Å²) < 4.78 is 0. The lowest BCUT2D eigenvalue weighted by atomic mass is 9.91. The number of aryl methyl sites for hydroxylation is 1. The van der Waals surface area contributed by atoms with Gasteiger partial charge in [0.1, 0.15) is 0 Å². The largest absolute Gasteiger partial charge is 0.313 e. The van der Waals surface area contributed by atoms with Crippen LogP contribution in [0, 0.1) is 6.92 Å². The van der Waals surface area contributed by atoms with Gasteiger partial charge >= 0.3 is 0 Å². The molecular formula is C16H22ClN. The van der Waals surface area contributed by atoms with Crippen LogP contribution in [0.15, 0.2) is 29.8 Å². The Balaban J connectivity index is 2.12. The zero-order valence-electron chi connectivity index (χ0n) is 11.3. The molecule has 1 N–H and O–H groups in total. The third-order valence-corrected chi connectivity index (χ3v) is 4.21. The maximum absolute atomic E-state index is 6.22. The zero-order valence-corrected chi connectivity index (χ0v) is 12.1. The van der Waals surface area contributed by atoms with Gasteiger partial charge in [-0.25, -0.2) is 0 Å². The van der Waals surface area contributed by atoms with Crippen LogP contribution in [0.1, 0.15) is 49.3 Å². The number of halogens is 1. The zero-order chi connectivity index (χ0) is 13.0. The first-order valence-electron chi connectivity index (χ1n) is 6.82. The van der Waals surface area contributed by atoms with Crippen LogP contribution in [0.3, 0.4) is 0 Å². The van der Waals surface area contributed by atoms with E-state index in [9.17, 15) is 0 Å². The summed E-state index contributed by atoms with van der Waals surface area (Å²) in [6, 6.07) is 6.78. The van der Waals surface area contributed by atoms with Crippen molar-refractivity contribution in [2.45, 2.75) is 45.1 Å². The van der Waals surface area contributed by atoms with E-state index in [1.165, 1.54) is 31.2 Å². The summed E-state index contributed by atoms with van der Waals surface area (Å²) >= 11 is 6.22. The number of allylic oxidation sites excluding steroid dienone is 1. The van der Waals surface area contributed by atoms with E-state index in [-0.39, 0.29) is 0 Å². The summed E-state index contributed by atoms with van der Waals surface area (Å²) in [5.41, 5.74) is 4.03. The maximum Gasteiger partial charge on any atom is 0.0438 e. The Labute approximate surface area is 115 Å². The summed E-state index contributed by atoms with van der Waals surface area (Å²) in [6.07, 6.45) is 8.73. The standard InChI is InChI=1S/C16H22ClN/c1-12-8-9-14(11-15(12)17)16(18-2)10-13-6-4-3-5-7-13/h6,8-9,11,16,18H,3-5,7,10H2,1-2H3. The molecule has 0 heterocycles. The Hall–Kier alpha value is -0.790. The second-order valence-electron chi connectivity index (χ2n) is 5.16. The van der Waals surface area contributed by atoms with Crippen LogP contribution in [0.25, 0.3) is 0 Å². The fraction of sp³-hybridized carbons (Fsp3) is 0.500. The molecule has 0 aromatic heterocycles. The van der Waals surface area contributed by atoms with Crippen molar-refractivity contribution >= 4 is 11.6 Å². The first kappa shape index (κ1) is 13.6. The molecule has 18 heavy (non-hydrogen) atoms. The average Bonchev–Trinajstić information content (AvgIpc) is 2.40. The molecule has 0 saturated heterocycles. The Morgan fingerprint density at radius 2 is 2.17 bits per heavy atom. The Kier molecular flexibility index (Phi) is 4.85. The minimum absolute atomic E-state index is 0.382. The molecule has 0 saturated carbocycles. The van der Waals surface area contributed by atoms with E-state index in [1.807, 2.05) is 14.0 Å². The van der Waals surface area contributed by atoms with Gasteiger partial charge < -0.3 is 5.32 Å². The van der Waals surface area contributed by atoms with Crippen LogP contribution < -0.4 is 5.32 Å². The normalized spacial score (nSPS) is 17.4. The van der Waals surface area contributed by atoms with Crippen molar-refractivity contribution in [3.63, 3.8) is 0 Å². The molecule has 1 atom stereocenters. The molecule has 0 radical (unpaired) electrons. The van der Waals surface area contributed by atoms with Gasteiger partial charge in [0.25, 0.3) is 0 Å². The van der Waals surface area contributed by atoms with Gasteiger partial charge in [0.05, 0.1) is 0 Å². The van der Waals surface area contributed by atoms with Crippen LogP contribution in [0.4, 0.5) is 0 Å². The SMILES string of the molecule is CNC(CC1=CCCCC1)c1ccc(C)c(Cl)c1. The summed E-state index contributed by atoms with van der Waals surface area (Å²) in [5, 5.41) is 4.28. The quantitative estimate of drug-likeness (QED) is 0.770. The van der Waals surface area contributed by atoms with Crippen LogP contribution in [0.5, 0.6) is 0 Å². The van der Waals surface area contributed by atoms with Crippen LogP contribution >= 0.6 is 11.6 Å². The van der Waals surface area contributed by atoms with Gasteiger partial charge in [0, 0.05) is 11.1 Å². The molecule has 0 amide bonds. The van der Waals surface area contributed by atoms with E-state index in [0.717, 1.165) is 17.0 Å². The minimum Gasteiger partial charge on any atom is -0.313 e. The molecule has 0 spiro atoms. The van der Waals surface area contributed by atoms with Crippen molar-refractivity contribution < 1.29 is 0 Å². The van der Waals surface area contributed by atoms with Gasteiger partial charge in [-0.3, -0.25) is 0 Å². The van der Waals surface area contributed by atoms with E-state index in [2.05, 4.69) is 29.6 Å². The highest BCUT2D eigenvalue weighted by molar-refractivity contribution is 6.31. The van der Waals surface area contributed by atoms with Crippen molar-refractivity contribution in [1.29, 1.82) is 0 Å². The fourth-order valence-electron chi connectivity index (χ4n) is 2.56. The number of hydrogen-bond donors (Lipinski definition) is 1. The van der Waals surface area contributed by atoms with Gasteiger partial charge in [-0.05, 0) is 63.3 Å². The maximum atomic E-state index is 6.22. The molecule has 0 aliphatic heterocycles. The molecule has 1 aliphatic carbocycles. The van der Waals surface area contributed by atoms with E-state index in [0.29, 0.717) is 6.04 Å². The first-order valence-corrected chi connectivity index (χ1v) is 7.19. The van der Waals surface area contributed by atoms with Gasteiger partial charge in [0.15, 0.2) is 0 Å². The summed E-state index contributed by atoms with van der Waals surface area (Å²) in [5.74, 6) is 0. The third kappa shape index (κ3) is 3.37. The summed E-state index contributed by atoms with van der Waals surface area (Å²) in [6.45, 7) is 2.05. The molecule has 0 bridgehead atoms. The van der Waals surface area contributed by atoms with Crippen molar-refractivity contribution in [3.8, 4) is 0 Å². The van der Waals surface area contributed by atoms with E-state index in [1.54, 1.807) is 5.57 Å². The molecule has 1 unspecified atom stereocenters. The lowest BCUT2D eigenvalue weighted by Gasteiger charge is -2.21. The van der Waals surface area contributed by atoms with Gasteiger partial charge in [0.2, 0.25) is 0 Å². The predicted octanol–water partition coefficient (Wildman–Crippen LogP) is 4.80. The molecule has 2 rings (SSSR count). The van der Waals surface area contributed by atoms with Gasteiger partial charge in [-0.1, -0.05) is 35.4 Å². The van der Waals surface area contributed by atoms with Crippen LogP contribution in [-0.4, -0.2) is 7.05 Å². The van der Waals surface area contributed by atoms with Crippen LogP contribution in [-0.2, 0) is 0 Å². The number of benzene rings is 1. The third-order valence-electron chi connectivity index (χ3n) is 3.80. The lowest BCUT2D eigenvalue weighted by molar-refractivity contribution is 0.559. The van der Waals surface area contributed by atoms with Crippen molar-refractivity contribution in [2.75, 3.05) is 7.05 Å². The highest BCUT2D eigenvalue weighted by Crippen LogP contribution is 2.29. The lowest BCUT2D eigenvalue weighted by Crippen LogP contribution is -2.17. The highest BCUT2D eigenvalue weighted by atomic mass is 35.5. The molecule has 1 aromatic carbocycles. The van der Waals surface area contributed by atoms with Gasteiger partial charge in [-0.15, -0.1) is 0 Å². The smallest absolute Gasteiger partial charge is 0.0438 e. The monoisotopic (exact) mass is 263 g/mol. The molecule has 0 fully saturated rings. The predicted molar refractivity (Wildman–Crippen MR) is 79.2 cm³/mol. The number of nitrogens with one attached hydrogen (secondary N) is 1. The number of rotatable bonds is 4. The molecular weight excluding hydrogens is 242 g/mol. The van der Waals surface area contributed by atoms with Crippen molar-refractivity contribution in [3.05, 3.63) is 46.0 Å². The Morgan fingerprint density at radius 3 is 2.78 bits per heavy atom. The van der Waals surface area contributed by atoms with E-state index >= 15 is 0 Å². The topological polar surface area (TPSA) is 12.0 Å². The van der Waals surface area contributed by atoms with E-state index in [4.69, 9.17) is 11.6 Å². The highest BCUT2D eigenvalue weighted by Gasteiger charge is 2.14. The molecule has 98 valence electrons. The van der Waals surface area contributed by atoms with E-state index < -0.39 is 0 Å². The Morgan fingerprint density at radius 1 is 1.33 bits per heavy atom. The number of hydrogen-bond acceptors (Lipinski definition) is 1. The van der Waals surface area contributed by atoms with Crippen molar-refractivity contribution in [1.82, 2.24) is 5.32 Å². The van der Waals surface area contributed by atoms with Crippen LogP contribution in [0.2, 0.25) is 5.02 Å². The molecule has 1 aliphatic rings. The molecule has 1 nitrogen and oxygen atoms in total. The minimum atomic E-state index is 0.382. The first-order chi connectivity index (χ1) is 8.70. The fourth-order valence-corrected chi connectivity index (χ4v) is 2.75. The van der Waals surface area contributed by atoms with Gasteiger partial charge in [-0.2, -0.15) is 0 Å².